The molecule has 1 atom stereocenters. The maximum atomic E-state index is 14.0. The number of rotatable bonds is 10. The smallest absolute Gasteiger partial charge is 0.338 e. The van der Waals surface area contributed by atoms with E-state index in [1.807, 2.05) is 43.3 Å². The van der Waals surface area contributed by atoms with Crippen molar-refractivity contribution in [1.82, 2.24) is 4.57 Å². The van der Waals surface area contributed by atoms with E-state index in [-0.39, 0.29) is 12.2 Å². The molecule has 1 aliphatic rings. The molecule has 7 nitrogen and oxygen atoms in total. The molecule has 204 valence electrons. The van der Waals surface area contributed by atoms with Crippen LogP contribution >= 0.6 is 43.2 Å². The number of aromatic nitrogens is 1. The van der Waals surface area contributed by atoms with Crippen molar-refractivity contribution in [3.05, 3.63) is 100 Å². The highest BCUT2D eigenvalue weighted by Gasteiger charge is 2.34. The van der Waals surface area contributed by atoms with Gasteiger partial charge in [0.2, 0.25) is 0 Å². The minimum Gasteiger partial charge on any atom is -0.496 e. The van der Waals surface area contributed by atoms with Crippen LogP contribution in [-0.2, 0) is 9.53 Å². The lowest BCUT2D eigenvalue weighted by molar-refractivity contribution is -0.139. The Bertz CT molecular complexity index is 1620. The summed E-state index contributed by atoms with van der Waals surface area (Å²) in [5.41, 5.74) is 2.20. The molecule has 0 fully saturated rings. The molecule has 10 heteroatoms. The Hall–Kier alpha value is -2.95. The van der Waals surface area contributed by atoms with Gasteiger partial charge in [0.1, 0.15) is 18.1 Å². The molecule has 0 amide bonds. The van der Waals surface area contributed by atoms with Crippen LogP contribution in [0.3, 0.4) is 0 Å². The predicted molar refractivity (Wildman–Crippen MR) is 160 cm³/mol. The number of allylic oxidation sites excluding steroid dienone is 1. The van der Waals surface area contributed by atoms with Gasteiger partial charge < -0.3 is 14.2 Å². The summed E-state index contributed by atoms with van der Waals surface area (Å²) in [4.78, 5) is 32.7. The second-order valence-electron chi connectivity index (χ2n) is 8.59. The maximum absolute atomic E-state index is 14.0. The normalized spacial score (nSPS) is 15.0. The van der Waals surface area contributed by atoms with E-state index in [0.717, 1.165) is 22.0 Å². The fourth-order valence-corrected chi connectivity index (χ4v) is 6.29. The zero-order chi connectivity index (χ0) is 28.1. The van der Waals surface area contributed by atoms with E-state index in [4.69, 9.17) is 19.2 Å². The van der Waals surface area contributed by atoms with E-state index in [9.17, 15) is 9.59 Å². The van der Waals surface area contributed by atoms with Crippen LogP contribution in [0.4, 0.5) is 0 Å². The molecule has 0 bridgehead atoms. The monoisotopic (exact) mass is 674 g/mol. The molecule has 0 spiro atoms. The summed E-state index contributed by atoms with van der Waals surface area (Å²) in [7, 11) is 1.58. The Morgan fingerprint density at radius 2 is 1.95 bits per heavy atom. The van der Waals surface area contributed by atoms with Crippen molar-refractivity contribution in [3.8, 4) is 11.5 Å². The highest BCUT2D eigenvalue weighted by Crippen LogP contribution is 2.36. The summed E-state index contributed by atoms with van der Waals surface area (Å²) in [6.45, 7) is 8.04. The Labute approximate surface area is 247 Å². The van der Waals surface area contributed by atoms with Crippen molar-refractivity contribution >= 4 is 55.2 Å². The molecular formula is C29H28Br2N2O5S. The van der Waals surface area contributed by atoms with Gasteiger partial charge in [-0.1, -0.05) is 59.3 Å². The number of hydrogen-bond acceptors (Lipinski definition) is 7. The predicted octanol–water partition coefficient (Wildman–Crippen LogP) is 5.68. The number of fused-ring (bicyclic) bond motifs is 1. The fraction of sp³-hybridized carbons (Fsp3) is 0.276. The van der Waals surface area contributed by atoms with Crippen molar-refractivity contribution in [2.45, 2.75) is 32.7 Å². The highest BCUT2D eigenvalue weighted by molar-refractivity contribution is 9.10. The number of benzene rings is 2. The summed E-state index contributed by atoms with van der Waals surface area (Å²) in [5, 5.41) is 0. The Balaban J connectivity index is 2.00. The second-order valence-corrected chi connectivity index (χ2v) is 11.4. The van der Waals surface area contributed by atoms with E-state index in [1.54, 1.807) is 30.8 Å². The topological polar surface area (TPSA) is 79.1 Å². The zero-order valence-corrected chi connectivity index (χ0v) is 25.8. The van der Waals surface area contributed by atoms with Crippen LogP contribution in [0.5, 0.6) is 11.5 Å². The number of thiazole rings is 1. The molecule has 1 aliphatic heterocycles. The van der Waals surface area contributed by atoms with E-state index < -0.39 is 12.0 Å². The molecule has 2 aromatic carbocycles. The van der Waals surface area contributed by atoms with Gasteiger partial charge >= 0.3 is 5.97 Å². The van der Waals surface area contributed by atoms with Gasteiger partial charge in [-0.05, 0) is 71.2 Å². The van der Waals surface area contributed by atoms with Crippen LogP contribution in [0.15, 0.2) is 79.1 Å². The van der Waals surface area contributed by atoms with Crippen LogP contribution in [0.2, 0.25) is 0 Å². The summed E-state index contributed by atoms with van der Waals surface area (Å²) >= 11 is 8.34. The molecule has 0 N–H and O–H groups in total. The average Bonchev–Trinajstić information content (AvgIpc) is 3.22. The van der Waals surface area contributed by atoms with Gasteiger partial charge in [0.05, 0.1) is 40.0 Å². The van der Waals surface area contributed by atoms with Gasteiger partial charge in [-0.15, -0.1) is 0 Å². The molecule has 0 aliphatic carbocycles. The minimum atomic E-state index is -0.717. The van der Waals surface area contributed by atoms with Crippen molar-refractivity contribution in [3.63, 3.8) is 0 Å². The van der Waals surface area contributed by atoms with Crippen molar-refractivity contribution in [2.75, 3.05) is 20.3 Å². The van der Waals surface area contributed by atoms with Crippen LogP contribution in [0, 0.1) is 0 Å². The van der Waals surface area contributed by atoms with E-state index in [2.05, 4.69) is 38.4 Å². The zero-order valence-electron chi connectivity index (χ0n) is 21.8. The first-order valence-electron chi connectivity index (χ1n) is 12.4. The van der Waals surface area contributed by atoms with Gasteiger partial charge in [-0.25, -0.2) is 9.79 Å². The lowest BCUT2D eigenvalue weighted by Crippen LogP contribution is -2.40. The Morgan fingerprint density at radius 3 is 2.62 bits per heavy atom. The SMILES string of the molecule is C=CCOc1ccc(Br)cc1/C=c1\sc2n(c1=O)[C@H](c1ccc(OC)c(Br)c1)C(C(=O)OCC)=C(CCC)N=2. The first-order chi connectivity index (χ1) is 18.8. The fourth-order valence-electron chi connectivity index (χ4n) is 4.34. The third kappa shape index (κ3) is 6.13. The van der Waals surface area contributed by atoms with E-state index >= 15 is 0 Å². The molecule has 0 saturated carbocycles. The quantitative estimate of drug-likeness (QED) is 0.204. The van der Waals surface area contributed by atoms with Crippen LogP contribution in [0.1, 0.15) is 43.9 Å². The molecule has 0 unspecified atom stereocenters. The molecule has 3 aromatic rings. The summed E-state index contributed by atoms with van der Waals surface area (Å²) in [5.74, 6) is 0.782. The number of esters is 1. The third-order valence-corrected chi connectivity index (χ3v) is 8.09. The third-order valence-electron chi connectivity index (χ3n) is 6.00. The molecule has 39 heavy (non-hydrogen) atoms. The van der Waals surface area contributed by atoms with Gasteiger partial charge in [0.25, 0.3) is 5.56 Å². The first kappa shape index (κ1) is 29.0. The molecule has 2 heterocycles. The second kappa shape index (κ2) is 12.9. The lowest BCUT2D eigenvalue weighted by atomic mass is 9.94. The molecule has 1 aromatic heterocycles. The summed E-state index contributed by atoms with van der Waals surface area (Å²) in [6, 6.07) is 10.4. The summed E-state index contributed by atoms with van der Waals surface area (Å²) in [6.07, 6.45) is 4.80. The average molecular weight is 676 g/mol. The van der Waals surface area contributed by atoms with E-state index in [1.165, 1.54) is 11.3 Å². The van der Waals surface area contributed by atoms with Gasteiger partial charge in [0.15, 0.2) is 4.80 Å². The number of carbonyl (C=O) groups is 1. The number of carbonyl (C=O) groups excluding carboxylic acids is 1. The van der Waals surface area contributed by atoms with Crippen molar-refractivity contribution in [2.24, 2.45) is 4.99 Å². The van der Waals surface area contributed by atoms with Gasteiger partial charge in [-0.2, -0.15) is 0 Å². The number of methoxy groups -OCH3 is 1. The lowest BCUT2D eigenvalue weighted by Gasteiger charge is -2.26. The Kier molecular flexibility index (Phi) is 9.63. The molecule has 0 saturated heterocycles. The highest BCUT2D eigenvalue weighted by atomic mass is 79.9. The van der Waals surface area contributed by atoms with E-state index in [0.29, 0.717) is 49.6 Å². The molecule has 4 rings (SSSR count). The number of ether oxygens (including phenoxy) is 3. The first-order valence-corrected chi connectivity index (χ1v) is 14.8. The Morgan fingerprint density at radius 1 is 1.18 bits per heavy atom. The number of hydrogen-bond donors (Lipinski definition) is 0. The standard InChI is InChI=1S/C29H28Br2N2O5S/c1-5-8-21-25(28(35)37-7-3)26(17-9-11-23(36-4)20(31)15-17)33-27(34)24(39-29(33)32-21)16-18-14-19(30)10-12-22(18)38-13-6-2/h6,9-12,14-16,26H,2,5,7-8,13H2,1,3-4H3/b24-16-/t26-/m1/s1. The summed E-state index contributed by atoms with van der Waals surface area (Å²) < 4.78 is 20.3. The van der Waals surface area contributed by atoms with Crippen molar-refractivity contribution in [1.29, 1.82) is 0 Å². The van der Waals surface area contributed by atoms with Crippen LogP contribution in [0.25, 0.3) is 6.08 Å². The number of halogens is 2. The number of nitrogens with zero attached hydrogens (tertiary/aromatic N) is 2. The largest absolute Gasteiger partial charge is 0.496 e. The molecule has 0 radical (unpaired) electrons. The maximum Gasteiger partial charge on any atom is 0.338 e. The van der Waals surface area contributed by atoms with Gasteiger partial charge in [0, 0.05) is 10.0 Å². The molecular weight excluding hydrogens is 648 g/mol. The van der Waals surface area contributed by atoms with Crippen LogP contribution in [-0.4, -0.2) is 30.9 Å². The minimum absolute atomic E-state index is 0.210. The van der Waals surface area contributed by atoms with Crippen molar-refractivity contribution < 1.29 is 19.0 Å². The van der Waals surface area contributed by atoms with Gasteiger partial charge in [-0.3, -0.25) is 9.36 Å². The van der Waals surface area contributed by atoms with Crippen LogP contribution < -0.4 is 24.4 Å².